The van der Waals surface area contributed by atoms with Crippen LogP contribution >= 0.6 is 24.0 Å². The van der Waals surface area contributed by atoms with Gasteiger partial charge in [-0.05, 0) is 42.7 Å². The summed E-state index contributed by atoms with van der Waals surface area (Å²) in [7, 11) is 1.77. The highest BCUT2D eigenvalue weighted by molar-refractivity contribution is 14.0. The second-order valence-corrected chi connectivity index (χ2v) is 8.26. The van der Waals surface area contributed by atoms with Crippen LogP contribution in [0.2, 0.25) is 0 Å². The molecule has 0 saturated carbocycles. The highest BCUT2D eigenvalue weighted by Gasteiger charge is 2.17. The van der Waals surface area contributed by atoms with Crippen molar-refractivity contribution < 1.29 is 18.9 Å². The van der Waals surface area contributed by atoms with Gasteiger partial charge in [0.25, 0.3) is 0 Å². The number of rotatable bonds is 7. The lowest BCUT2D eigenvalue weighted by Crippen LogP contribution is -2.36. The first-order valence-electron chi connectivity index (χ1n) is 11.3. The molecule has 2 aromatic rings. The Morgan fingerprint density at radius 3 is 2.64 bits per heavy atom. The quantitative estimate of drug-likeness (QED) is 0.299. The molecule has 1 fully saturated rings. The zero-order valence-electron chi connectivity index (χ0n) is 19.4. The van der Waals surface area contributed by atoms with Crippen molar-refractivity contribution in [1.82, 2.24) is 10.6 Å². The van der Waals surface area contributed by atoms with Crippen molar-refractivity contribution in [2.24, 2.45) is 10.9 Å². The number of nitrogens with zero attached hydrogens (tertiary/aromatic N) is 1. The number of hydrogen-bond acceptors (Lipinski definition) is 5. The van der Waals surface area contributed by atoms with E-state index in [2.05, 4.69) is 40.7 Å². The lowest BCUT2D eigenvalue weighted by molar-refractivity contribution is 0.166. The molecule has 8 heteroatoms. The molecule has 1 atom stereocenters. The predicted molar refractivity (Wildman–Crippen MR) is 140 cm³/mol. The third-order valence-electron chi connectivity index (χ3n) is 5.66. The average Bonchev–Trinajstić information content (AvgIpc) is 3.22. The fraction of sp³-hybridized carbons (Fsp3) is 0.480. The van der Waals surface area contributed by atoms with Crippen molar-refractivity contribution in [3.63, 3.8) is 0 Å². The molecule has 180 valence electrons. The molecule has 2 heterocycles. The molecule has 4 rings (SSSR count). The average molecular weight is 567 g/mol. The zero-order valence-corrected chi connectivity index (χ0v) is 21.7. The normalized spacial score (nSPS) is 17.6. The van der Waals surface area contributed by atoms with Gasteiger partial charge in [0.15, 0.2) is 17.5 Å². The van der Waals surface area contributed by atoms with Gasteiger partial charge in [-0.3, -0.25) is 4.99 Å². The summed E-state index contributed by atoms with van der Waals surface area (Å²) in [6, 6.07) is 12.4. The Labute approximate surface area is 213 Å². The summed E-state index contributed by atoms with van der Waals surface area (Å²) >= 11 is 0. The Morgan fingerprint density at radius 2 is 1.85 bits per heavy atom. The van der Waals surface area contributed by atoms with Gasteiger partial charge in [0.2, 0.25) is 0 Å². The van der Waals surface area contributed by atoms with Crippen LogP contribution in [-0.4, -0.2) is 46.0 Å². The topological polar surface area (TPSA) is 73.3 Å². The molecule has 0 aromatic heterocycles. The van der Waals surface area contributed by atoms with Gasteiger partial charge < -0.3 is 29.6 Å². The first kappa shape index (κ1) is 25.4. The van der Waals surface area contributed by atoms with Crippen molar-refractivity contribution in [2.45, 2.75) is 32.9 Å². The number of fused-ring (bicyclic) bond motifs is 1. The molecule has 2 N–H and O–H groups in total. The van der Waals surface area contributed by atoms with Crippen molar-refractivity contribution in [2.75, 3.05) is 40.1 Å². The predicted octanol–water partition coefficient (Wildman–Crippen LogP) is 4.05. The monoisotopic (exact) mass is 567 g/mol. The van der Waals surface area contributed by atoms with E-state index in [-0.39, 0.29) is 24.0 Å². The fourth-order valence-electron chi connectivity index (χ4n) is 3.77. The Bertz CT molecular complexity index is 932. The smallest absolute Gasteiger partial charge is 0.191 e. The molecule has 0 amide bonds. The summed E-state index contributed by atoms with van der Waals surface area (Å²) in [5.41, 5.74) is 3.40. The number of ether oxygens (including phenoxy) is 4. The fourth-order valence-corrected chi connectivity index (χ4v) is 3.77. The Hall–Kier alpha value is -2.20. The third kappa shape index (κ3) is 7.40. The molecule has 2 aromatic carbocycles. The van der Waals surface area contributed by atoms with Gasteiger partial charge in [0.1, 0.15) is 5.75 Å². The number of guanidine groups is 1. The first-order chi connectivity index (χ1) is 15.7. The molecule has 2 aliphatic heterocycles. The highest BCUT2D eigenvalue weighted by atomic mass is 127. The molecular formula is C25H34IN3O4. The number of benzene rings is 2. The van der Waals surface area contributed by atoms with Crippen LogP contribution in [0.3, 0.4) is 0 Å². The van der Waals surface area contributed by atoms with Gasteiger partial charge in [-0.2, -0.15) is 0 Å². The molecule has 0 aliphatic carbocycles. The van der Waals surface area contributed by atoms with Gasteiger partial charge in [-0.25, -0.2) is 0 Å². The first-order valence-corrected chi connectivity index (χ1v) is 11.3. The summed E-state index contributed by atoms with van der Waals surface area (Å²) < 4.78 is 23.1. The summed E-state index contributed by atoms with van der Waals surface area (Å²) in [6.07, 6.45) is 1.97. The van der Waals surface area contributed by atoms with Crippen LogP contribution in [0, 0.1) is 12.8 Å². The minimum Gasteiger partial charge on any atom is -0.493 e. The van der Waals surface area contributed by atoms with Crippen molar-refractivity contribution >= 4 is 29.9 Å². The minimum absolute atomic E-state index is 0. The van der Waals surface area contributed by atoms with Gasteiger partial charge in [0.05, 0.1) is 26.4 Å². The highest BCUT2D eigenvalue weighted by Crippen LogP contribution is 2.30. The van der Waals surface area contributed by atoms with E-state index in [4.69, 9.17) is 18.9 Å². The summed E-state index contributed by atoms with van der Waals surface area (Å²) in [4.78, 5) is 4.36. The van der Waals surface area contributed by atoms with Crippen LogP contribution in [0.15, 0.2) is 41.4 Å². The zero-order chi connectivity index (χ0) is 22.2. The van der Waals surface area contributed by atoms with Gasteiger partial charge in [0, 0.05) is 44.6 Å². The van der Waals surface area contributed by atoms with E-state index in [9.17, 15) is 0 Å². The summed E-state index contributed by atoms with van der Waals surface area (Å²) in [5, 5.41) is 6.77. The molecular weight excluding hydrogens is 533 g/mol. The number of aryl methyl sites for hydroxylation is 1. The van der Waals surface area contributed by atoms with E-state index in [1.54, 1.807) is 7.05 Å². The maximum atomic E-state index is 6.15. The molecule has 0 spiro atoms. The minimum atomic E-state index is 0. The van der Waals surface area contributed by atoms with Crippen LogP contribution in [0.5, 0.6) is 17.2 Å². The largest absolute Gasteiger partial charge is 0.493 e. The number of hydrogen-bond donors (Lipinski definition) is 2. The maximum Gasteiger partial charge on any atom is 0.191 e. The van der Waals surface area contributed by atoms with Crippen LogP contribution in [0.4, 0.5) is 0 Å². The molecule has 0 bridgehead atoms. The van der Waals surface area contributed by atoms with E-state index in [0.717, 1.165) is 60.4 Å². The van der Waals surface area contributed by atoms with E-state index >= 15 is 0 Å². The van der Waals surface area contributed by atoms with Crippen LogP contribution in [0.1, 0.15) is 29.5 Å². The summed E-state index contributed by atoms with van der Waals surface area (Å²) in [6.45, 7) is 7.03. The SMILES string of the molecule is CN=C(NCc1ccc2c(c1)OCCCO2)NCc1ccc(C)cc1OCC1CCOC1.I. The molecule has 33 heavy (non-hydrogen) atoms. The van der Waals surface area contributed by atoms with Crippen molar-refractivity contribution in [1.29, 1.82) is 0 Å². The standard InChI is InChI=1S/C25H33N3O4.HI/c1-18-4-6-21(23(12-18)32-17-20-8-11-29-16-20)15-28-25(26-2)27-14-19-5-7-22-24(13-19)31-10-3-9-30-22;/h4-7,12-13,20H,3,8-11,14-17H2,1-2H3,(H2,26,27,28);1H. The Balaban J connectivity index is 0.00000306. The number of aliphatic imine (C=N–C) groups is 1. The third-order valence-corrected chi connectivity index (χ3v) is 5.66. The maximum absolute atomic E-state index is 6.15. The van der Waals surface area contributed by atoms with E-state index < -0.39 is 0 Å². The van der Waals surface area contributed by atoms with E-state index in [1.165, 1.54) is 5.56 Å². The lowest BCUT2D eigenvalue weighted by atomic mass is 10.1. The molecule has 0 radical (unpaired) electrons. The molecule has 2 aliphatic rings. The lowest BCUT2D eigenvalue weighted by Gasteiger charge is -2.17. The van der Waals surface area contributed by atoms with Crippen molar-refractivity contribution in [3.05, 3.63) is 53.1 Å². The van der Waals surface area contributed by atoms with Crippen molar-refractivity contribution in [3.8, 4) is 17.2 Å². The number of halogens is 1. The van der Waals surface area contributed by atoms with Gasteiger partial charge >= 0.3 is 0 Å². The second kappa shape index (κ2) is 12.9. The van der Waals surface area contributed by atoms with Crippen LogP contribution < -0.4 is 24.8 Å². The van der Waals surface area contributed by atoms with Crippen LogP contribution in [-0.2, 0) is 17.8 Å². The second-order valence-electron chi connectivity index (χ2n) is 8.26. The summed E-state index contributed by atoms with van der Waals surface area (Å²) in [5.74, 6) is 3.74. The Kier molecular flexibility index (Phi) is 9.93. The van der Waals surface area contributed by atoms with Crippen LogP contribution in [0.25, 0.3) is 0 Å². The van der Waals surface area contributed by atoms with Gasteiger partial charge in [-0.1, -0.05) is 18.2 Å². The van der Waals surface area contributed by atoms with Gasteiger partial charge in [-0.15, -0.1) is 24.0 Å². The molecule has 1 unspecified atom stereocenters. The molecule has 7 nitrogen and oxygen atoms in total. The number of nitrogens with one attached hydrogen (secondary N) is 2. The Morgan fingerprint density at radius 1 is 1.03 bits per heavy atom. The van der Waals surface area contributed by atoms with E-state index in [1.807, 2.05) is 18.2 Å². The molecule has 1 saturated heterocycles. The van der Waals surface area contributed by atoms with E-state index in [0.29, 0.717) is 38.8 Å².